The third kappa shape index (κ3) is 3.11. The van der Waals surface area contributed by atoms with Crippen molar-refractivity contribution in [2.45, 2.75) is 25.4 Å². The van der Waals surface area contributed by atoms with Gasteiger partial charge in [0, 0.05) is 36.9 Å². The molecule has 2 atom stereocenters. The van der Waals surface area contributed by atoms with Crippen molar-refractivity contribution in [3.05, 3.63) is 29.0 Å². The zero-order valence-electron chi connectivity index (χ0n) is 11.8. The monoisotopic (exact) mass is 297 g/mol. The number of aliphatic hydroxyl groups is 1. The standard InChI is InChI=1S/C14H20ClN3O2/c1-10-12(17(2)7-8-19)4-6-18(10)14(20)11-3-5-16-13(15)9-11/h3,5,9-10,12,19H,4,6-8H2,1-2H3/t10-,12-/m1/s1. The molecule has 1 saturated heterocycles. The number of nitrogens with zero attached hydrogens (tertiary/aromatic N) is 3. The minimum atomic E-state index is -0.0123. The average Bonchev–Trinajstić information content (AvgIpc) is 2.80. The van der Waals surface area contributed by atoms with Gasteiger partial charge in [0.05, 0.1) is 6.61 Å². The SMILES string of the molecule is C[C@@H]1[C@H](N(C)CCO)CCN1C(=O)c1ccnc(Cl)c1. The van der Waals surface area contributed by atoms with Gasteiger partial charge in [0.15, 0.2) is 0 Å². The molecule has 6 heteroatoms. The lowest BCUT2D eigenvalue weighted by Crippen LogP contribution is -2.44. The maximum absolute atomic E-state index is 12.5. The molecule has 1 aliphatic heterocycles. The van der Waals surface area contributed by atoms with Crippen LogP contribution in [0.4, 0.5) is 0 Å². The fourth-order valence-electron chi connectivity index (χ4n) is 2.82. The summed E-state index contributed by atoms with van der Waals surface area (Å²) in [6.45, 7) is 3.53. The Kier molecular flexibility index (Phi) is 4.96. The fourth-order valence-corrected chi connectivity index (χ4v) is 3.00. The van der Waals surface area contributed by atoms with Crippen LogP contribution in [-0.4, -0.2) is 64.6 Å². The van der Waals surface area contributed by atoms with E-state index in [1.807, 2.05) is 18.9 Å². The largest absolute Gasteiger partial charge is 0.395 e. The van der Waals surface area contributed by atoms with Gasteiger partial charge >= 0.3 is 0 Å². The third-order valence-corrected chi connectivity index (χ3v) is 4.17. The summed E-state index contributed by atoms with van der Waals surface area (Å²) in [4.78, 5) is 20.4. The summed E-state index contributed by atoms with van der Waals surface area (Å²) >= 11 is 5.83. The zero-order chi connectivity index (χ0) is 14.7. The first kappa shape index (κ1) is 15.2. The molecule has 0 unspecified atom stereocenters. The highest BCUT2D eigenvalue weighted by molar-refractivity contribution is 6.29. The number of aliphatic hydroxyl groups excluding tert-OH is 1. The Labute approximate surface area is 124 Å². The van der Waals surface area contributed by atoms with Crippen molar-refractivity contribution in [1.82, 2.24) is 14.8 Å². The van der Waals surface area contributed by atoms with Gasteiger partial charge in [-0.1, -0.05) is 11.6 Å². The van der Waals surface area contributed by atoms with Gasteiger partial charge in [-0.2, -0.15) is 0 Å². The van der Waals surface area contributed by atoms with E-state index in [4.69, 9.17) is 16.7 Å². The number of likely N-dealkylation sites (tertiary alicyclic amines) is 1. The Balaban J connectivity index is 2.09. The maximum atomic E-state index is 12.5. The minimum absolute atomic E-state index is 0.0123. The molecule has 0 aromatic carbocycles. The van der Waals surface area contributed by atoms with Gasteiger partial charge in [0.25, 0.3) is 5.91 Å². The lowest BCUT2D eigenvalue weighted by molar-refractivity contribution is 0.0706. The van der Waals surface area contributed by atoms with E-state index in [0.29, 0.717) is 17.3 Å². The van der Waals surface area contributed by atoms with Gasteiger partial charge < -0.3 is 10.0 Å². The van der Waals surface area contributed by atoms with E-state index < -0.39 is 0 Å². The predicted octanol–water partition coefficient (Wildman–Crippen LogP) is 1.26. The van der Waals surface area contributed by atoms with Gasteiger partial charge in [0.1, 0.15) is 5.15 Å². The molecule has 0 saturated carbocycles. The van der Waals surface area contributed by atoms with E-state index >= 15 is 0 Å². The summed E-state index contributed by atoms with van der Waals surface area (Å²) in [5.74, 6) is -0.0123. The van der Waals surface area contributed by atoms with Gasteiger partial charge in [-0.25, -0.2) is 4.98 Å². The van der Waals surface area contributed by atoms with Crippen LogP contribution in [0.3, 0.4) is 0 Å². The summed E-state index contributed by atoms with van der Waals surface area (Å²) < 4.78 is 0. The van der Waals surface area contributed by atoms with Gasteiger partial charge in [-0.3, -0.25) is 9.69 Å². The van der Waals surface area contributed by atoms with Crippen molar-refractivity contribution in [3.8, 4) is 0 Å². The van der Waals surface area contributed by atoms with Crippen LogP contribution in [0.2, 0.25) is 5.15 Å². The van der Waals surface area contributed by atoms with Crippen molar-refractivity contribution in [2.24, 2.45) is 0 Å². The van der Waals surface area contributed by atoms with E-state index in [1.165, 1.54) is 0 Å². The molecule has 0 bridgehead atoms. The first-order valence-electron chi connectivity index (χ1n) is 6.78. The van der Waals surface area contributed by atoms with Crippen LogP contribution in [0, 0.1) is 0 Å². The molecule has 110 valence electrons. The number of likely N-dealkylation sites (N-methyl/N-ethyl adjacent to an activating group) is 1. The number of carbonyl (C=O) groups excluding carboxylic acids is 1. The number of halogens is 1. The van der Waals surface area contributed by atoms with Crippen LogP contribution >= 0.6 is 11.6 Å². The summed E-state index contributed by atoms with van der Waals surface area (Å²) in [5.41, 5.74) is 0.572. The van der Waals surface area contributed by atoms with Crippen LogP contribution in [0.25, 0.3) is 0 Å². The molecule has 1 aromatic heterocycles. The number of aromatic nitrogens is 1. The Morgan fingerprint density at radius 2 is 2.40 bits per heavy atom. The molecule has 0 spiro atoms. The van der Waals surface area contributed by atoms with Crippen molar-refractivity contribution in [3.63, 3.8) is 0 Å². The summed E-state index contributed by atoms with van der Waals surface area (Å²) in [6, 6.07) is 3.68. The average molecular weight is 298 g/mol. The second kappa shape index (κ2) is 6.52. The lowest BCUT2D eigenvalue weighted by Gasteiger charge is -2.30. The second-order valence-corrected chi connectivity index (χ2v) is 5.55. The predicted molar refractivity (Wildman–Crippen MR) is 77.9 cm³/mol. The number of hydrogen-bond donors (Lipinski definition) is 1. The van der Waals surface area contributed by atoms with Crippen LogP contribution in [0.1, 0.15) is 23.7 Å². The normalized spacial score (nSPS) is 22.6. The van der Waals surface area contributed by atoms with Crippen LogP contribution in [-0.2, 0) is 0 Å². The van der Waals surface area contributed by atoms with E-state index in [0.717, 1.165) is 13.0 Å². The number of rotatable bonds is 4. The van der Waals surface area contributed by atoms with Crippen LogP contribution in [0.5, 0.6) is 0 Å². The van der Waals surface area contributed by atoms with Crippen molar-refractivity contribution in [1.29, 1.82) is 0 Å². The van der Waals surface area contributed by atoms with E-state index in [1.54, 1.807) is 18.3 Å². The molecule has 0 radical (unpaired) electrons. The third-order valence-electron chi connectivity index (χ3n) is 3.97. The van der Waals surface area contributed by atoms with E-state index in [2.05, 4.69) is 9.88 Å². The Morgan fingerprint density at radius 1 is 1.65 bits per heavy atom. The Hall–Kier alpha value is -1.17. The molecule has 1 N–H and O–H groups in total. The number of pyridine rings is 1. The highest BCUT2D eigenvalue weighted by Gasteiger charge is 2.36. The molecule has 5 nitrogen and oxygen atoms in total. The van der Waals surface area contributed by atoms with Crippen LogP contribution in [0.15, 0.2) is 18.3 Å². The quantitative estimate of drug-likeness (QED) is 0.850. The molecule has 20 heavy (non-hydrogen) atoms. The summed E-state index contributed by atoms with van der Waals surface area (Å²) in [5, 5.41) is 9.35. The minimum Gasteiger partial charge on any atom is -0.395 e. The van der Waals surface area contributed by atoms with E-state index in [-0.39, 0.29) is 24.6 Å². The van der Waals surface area contributed by atoms with Crippen LogP contribution < -0.4 is 0 Å². The highest BCUT2D eigenvalue weighted by Crippen LogP contribution is 2.24. The summed E-state index contributed by atoms with van der Waals surface area (Å²) in [6.07, 6.45) is 2.47. The topological polar surface area (TPSA) is 56.7 Å². The Bertz CT molecular complexity index is 483. The first-order chi connectivity index (χ1) is 9.54. The van der Waals surface area contributed by atoms with Gasteiger partial charge in [-0.15, -0.1) is 0 Å². The molecule has 0 aliphatic carbocycles. The molecular formula is C14H20ClN3O2. The molecule has 1 amide bonds. The van der Waals surface area contributed by atoms with Gasteiger partial charge in [-0.05, 0) is 32.5 Å². The lowest BCUT2D eigenvalue weighted by atomic mass is 10.1. The van der Waals surface area contributed by atoms with Crippen molar-refractivity contribution >= 4 is 17.5 Å². The first-order valence-corrected chi connectivity index (χ1v) is 7.16. The summed E-state index contributed by atoms with van der Waals surface area (Å²) in [7, 11) is 1.98. The molecule has 1 aromatic rings. The zero-order valence-corrected chi connectivity index (χ0v) is 12.5. The smallest absolute Gasteiger partial charge is 0.254 e. The maximum Gasteiger partial charge on any atom is 0.254 e. The fraction of sp³-hybridized carbons (Fsp3) is 0.571. The second-order valence-electron chi connectivity index (χ2n) is 5.17. The van der Waals surface area contributed by atoms with Gasteiger partial charge in [0.2, 0.25) is 0 Å². The Morgan fingerprint density at radius 3 is 3.05 bits per heavy atom. The van der Waals surface area contributed by atoms with Crippen molar-refractivity contribution in [2.75, 3.05) is 26.7 Å². The number of carbonyl (C=O) groups is 1. The molecular weight excluding hydrogens is 278 g/mol. The van der Waals surface area contributed by atoms with Crippen molar-refractivity contribution < 1.29 is 9.90 Å². The highest BCUT2D eigenvalue weighted by atomic mass is 35.5. The molecule has 1 aliphatic rings. The molecule has 1 fully saturated rings. The molecule has 2 heterocycles. The number of amides is 1. The van der Waals surface area contributed by atoms with E-state index in [9.17, 15) is 4.79 Å². The molecule has 2 rings (SSSR count). The number of hydrogen-bond acceptors (Lipinski definition) is 4.